The zero-order chi connectivity index (χ0) is 16.4. The first-order chi connectivity index (χ1) is 10.9. The molecule has 3 nitrogen and oxygen atoms in total. The van der Waals surface area contributed by atoms with Crippen LogP contribution in [-0.4, -0.2) is 28.5 Å². The second kappa shape index (κ2) is 6.10. The van der Waals surface area contributed by atoms with Crippen LogP contribution in [0.25, 0.3) is 0 Å². The quantitative estimate of drug-likeness (QED) is 0.821. The van der Waals surface area contributed by atoms with Gasteiger partial charge in [-0.3, -0.25) is 4.79 Å². The van der Waals surface area contributed by atoms with Gasteiger partial charge in [-0.2, -0.15) is 13.2 Å². The zero-order valence-electron chi connectivity index (χ0n) is 12.5. The smallest absolute Gasteiger partial charge is 0.351 e. The minimum Gasteiger partial charge on any atom is -0.351 e. The maximum absolute atomic E-state index is 12.6. The molecule has 0 atom stereocenters. The van der Waals surface area contributed by atoms with Crippen LogP contribution >= 0.6 is 0 Å². The molecule has 0 N–H and O–H groups in total. The van der Waals surface area contributed by atoms with E-state index in [0.717, 1.165) is 25.0 Å². The van der Waals surface area contributed by atoms with Crippen LogP contribution in [0.5, 0.6) is 0 Å². The number of aromatic nitrogens is 1. The van der Waals surface area contributed by atoms with Crippen molar-refractivity contribution < 1.29 is 18.0 Å². The van der Waals surface area contributed by atoms with Crippen LogP contribution in [-0.2, 0) is 6.18 Å². The van der Waals surface area contributed by atoms with E-state index < -0.39 is 11.7 Å². The van der Waals surface area contributed by atoms with E-state index in [-0.39, 0.29) is 5.91 Å². The molecule has 1 fully saturated rings. The van der Waals surface area contributed by atoms with Crippen LogP contribution in [0.3, 0.4) is 0 Å². The van der Waals surface area contributed by atoms with Crippen molar-refractivity contribution >= 4 is 5.91 Å². The predicted octanol–water partition coefficient (Wildman–Crippen LogP) is 3.98. The number of hydrogen-bond acceptors (Lipinski definition) is 1. The first-order valence-corrected chi connectivity index (χ1v) is 7.54. The van der Waals surface area contributed by atoms with Gasteiger partial charge >= 0.3 is 6.18 Å². The maximum Gasteiger partial charge on any atom is 0.416 e. The minimum absolute atomic E-state index is 0.204. The third-order valence-electron chi connectivity index (χ3n) is 4.26. The summed E-state index contributed by atoms with van der Waals surface area (Å²) < 4.78 is 39.8. The van der Waals surface area contributed by atoms with E-state index in [0.29, 0.717) is 24.7 Å². The van der Waals surface area contributed by atoms with E-state index in [2.05, 4.69) is 4.57 Å². The van der Waals surface area contributed by atoms with E-state index >= 15 is 0 Å². The van der Waals surface area contributed by atoms with E-state index in [1.165, 1.54) is 12.1 Å². The highest BCUT2D eigenvalue weighted by Gasteiger charge is 2.31. The van der Waals surface area contributed by atoms with E-state index in [4.69, 9.17) is 0 Å². The Morgan fingerprint density at radius 1 is 1.00 bits per heavy atom. The highest BCUT2D eigenvalue weighted by Crippen LogP contribution is 2.29. The Morgan fingerprint density at radius 2 is 1.57 bits per heavy atom. The molecule has 0 spiro atoms. The Balaban J connectivity index is 1.63. The number of halogens is 3. The van der Waals surface area contributed by atoms with Gasteiger partial charge in [0.1, 0.15) is 0 Å². The molecule has 1 aromatic carbocycles. The first kappa shape index (κ1) is 15.6. The lowest BCUT2D eigenvalue weighted by Crippen LogP contribution is -2.38. The van der Waals surface area contributed by atoms with Crippen molar-refractivity contribution in [1.82, 2.24) is 9.47 Å². The number of piperidine rings is 1. The fourth-order valence-corrected chi connectivity index (χ4v) is 2.94. The molecule has 0 unspecified atom stereocenters. The Hall–Kier alpha value is -2.24. The van der Waals surface area contributed by atoms with Gasteiger partial charge in [0.05, 0.1) is 5.56 Å². The molecule has 1 saturated heterocycles. The van der Waals surface area contributed by atoms with Gasteiger partial charge in [-0.15, -0.1) is 0 Å². The van der Waals surface area contributed by atoms with Gasteiger partial charge in [-0.05, 0) is 49.2 Å². The zero-order valence-corrected chi connectivity index (χ0v) is 12.5. The molecule has 3 rings (SSSR count). The summed E-state index contributed by atoms with van der Waals surface area (Å²) in [5, 5.41) is 0. The van der Waals surface area contributed by atoms with Gasteiger partial charge in [0.25, 0.3) is 5.91 Å². The van der Waals surface area contributed by atoms with Crippen LogP contribution in [0, 0.1) is 0 Å². The lowest BCUT2D eigenvalue weighted by Gasteiger charge is -2.33. The number of carbonyl (C=O) groups excluding carboxylic acids is 1. The highest BCUT2D eigenvalue weighted by atomic mass is 19.4. The summed E-state index contributed by atoms with van der Waals surface area (Å²) in [6, 6.07) is 8.74. The van der Waals surface area contributed by atoms with Crippen LogP contribution in [0.15, 0.2) is 48.8 Å². The second-order valence-electron chi connectivity index (χ2n) is 5.73. The Labute approximate surface area is 132 Å². The normalized spacial score (nSPS) is 16.6. The predicted molar refractivity (Wildman–Crippen MR) is 80.1 cm³/mol. The number of rotatable bonds is 2. The molecule has 23 heavy (non-hydrogen) atoms. The maximum atomic E-state index is 12.6. The molecular weight excluding hydrogens is 305 g/mol. The molecule has 2 aromatic rings. The van der Waals surface area contributed by atoms with Gasteiger partial charge in [0.2, 0.25) is 0 Å². The number of alkyl halides is 3. The standard InChI is InChI=1S/C17H17F3N2O/c18-17(19,20)14-5-3-13(4-6-14)16(23)22-11-7-15(8-12-22)21-9-1-2-10-21/h1-6,9-10,15H,7-8,11-12H2. The largest absolute Gasteiger partial charge is 0.416 e. The molecule has 1 aromatic heterocycles. The summed E-state index contributed by atoms with van der Waals surface area (Å²) in [4.78, 5) is 14.1. The monoisotopic (exact) mass is 322 g/mol. The Morgan fingerprint density at radius 3 is 2.09 bits per heavy atom. The number of likely N-dealkylation sites (tertiary alicyclic amines) is 1. The van der Waals surface area contributed by atoms with Gasteiger partial charge in [0, 0.05) is 37.1 Å². The summed E-state index contributed by atoms with van der Waals surface area (Å²) >= 11 is 0. The van der Waals surface area contributed by atoms with Crippen molar-refractivity contribution in [2.75, 3.05) is 13.1 Å². The Kier molecular flexibility index (Phi) is 4.15. The van der Waals surface area contributed by atoms with Gasteiger partial charge in [0.15, 0.2) is 0 Å². The molecule has 0 aliphatic carbocycles. The summed E-state index contributed by atoms with van der Waals surface area (Å²) in [7, 11) is 0. The lowest BCUT2D eigenvalue weighted by molar-refractivity contribution is -0.137. The molecule has 1 amide bonds. The lowest BCUT2D eigenvalue weighted by atomic mass is 10.0. The third kappa shape index (κ3) is 3.41. The van der Waals surface area contributed by atoms with Crippen LogP contribution in [0.1, 0.15) is 34.8 Å². The topological polar surface area (TPSA) is 25.2 Å². The second-order valence-corrected chi connectivity index (χ2v) is 5.73. The number of nitrogens with zero attached hydrogens (tertiary/aromatic N) is 2. The summed E-state index contributed by atoms with van der Waals surface area (Å²) in [6.45, 7) is 1.23. The van der Waals surface area contributed by atoms with Crippen molar-refractivity contribution in [3.05, 3.63) is 59.9 Å². The molecular formula is C17H17F3N2O. The molecule has 1 aliphatic heterocycles. The molecule has 2 heterocycles. The van der Waals surface area contributed by atoms with Crippen LogP contribution in [0.2, 0.25) is 0 Å². The molecule has 0 saturated carbocycles. The number of benzene rings is 1. The molecule has 122 valence electrons. The average Bonchev–Trinajstić information content (AvgIpc) is 3.08. The van der Waals surface area contributed by atoms with Crippen molar-refractivity contribution in [2.24, 2.45) is 0 Å². The minimum atomic E-state index is -4.38. The molecule has 0 bridgehead atoms. The fourth-order valence-electron chi connectivity index (χ4n) is 2.94. The van der Waals surface area contributed by atoms with Crippen molar-refractivity contribution in [3.63, 3.8) is 0 Å². The third-order valence-corrected chi connectivity index (χ3v) is 4.26. The van der Waals surface area contributed by atoms with Crippen molar-refractivity contribution in [2.45, 2.75) is 25.1 Å². The molecule has 0 radical (unpaired) electrons. The first-order valence-electron chi connectivity index (χ1n) is 7.54. The summed E-state index contributed by atoms with van der Waals surface area (Å²) in [5.74, 6) is -0.204. The van der Waals surface area contributed by atoms with E-state index in [9.17, 15) is 18.0 Å². The molecule has 1 aliphatic rings. The Bertz CT molecular complexity index is 654. The average molecular weight is 322 g/mol. The highest BCUT2D eigenvalue weighted by molar-refractivity contribution is 5.94. The van der Waals surface area contributed by atoms with Crippen molar-refractivity contribution in [3.8, 4) is 0 Å². The van der Waals surface area contributed by atoms with E-state index in [1.807, 2.05) is 24.5 Å². The number of carbonyl (C=O) groups is 1. The summed E-state index contributed by atoms with van der Waals surface area (Å²) in [5.41, 5.74) is -0.433. The van der Waals surface area contributed by atoms with Gasteiger partial charge < -0.3 is 9.47 Å². The molecule has 6 heteroatoms. The summed E-state index contributed by atoms with van der Waals surface area (Å²) in [6.07, 6.45) is 1.34. The van der Waals surface area contributed by atoms with Crippen LogP contribution < -0.4 is 0 Å². The SMILES string of the molecule is O=C(c1ccc(C(F)(F)F)cc1)N1CCC(n2cccc2)CC1. The van der Waals surface area contributed by atoms with E-state index in [1.54, 1.807) is 4.90 Å². The van der Waals surface area contributed by atoms with Gasteiger partial charge in [-0.25, -0.2) is 0 Å². The van der Waals surface area contributed by atoms with Crippen molar-refractivity contribution in [1.29, 1.82) is 0 Å². The fraction of sp³-hybridized carbons (Fsp3) is 0.353. The van der Waals surface area contributed by atoms with Crippen LogP contribution in [0.4, 0.5) is 13.2 Å². The number of hydrogen-bond donors (Lipinski definition) is 0. The van der Waals surface area contributed by atoms with Gasteiger partial charge in [-0.1, -0.05) is 0 Å². The number of amides is 1.